The number of thioether (sulfide) groups is 1. The minimum absolute atomic E-state index is 0.637. The van der Waals surface area contributed by atoms with E-state index in [-0.39, 0.29) is 0 Å². The highest BCUT2D eigenvalue weighted by Gasteiger charge is 2.41. The van der Waals surface area contributed by atoms with E-state index in [0.717, 1.165) is 12.0 Å². The molecule has 76 valence electrons. The summed E-state index contributed by atoms with van der Waals surface area (Å²) < 4.78 is 0.637. The van der Waals surface area contributed by atoms with Gasteiger partial charge in [-0.05, 0) is 38.4 Å². The van der Waals surface area contributed by atoms with Crippen molar-refractivity contribution in [1.29, 1.82) is 0 Å². The predicted molar refractivity (Wildman–Crippen MR) is 60.3 cm³/mol. The highest BCUT2D eigenvalue weighted by molar-refractivity contribution is 8.00. The van der Waals surface area contributed by atoms with E-state index in [9.17, 15) is 0 Å². The molecular formula is C11H21NS. The summed E-state index contributed by atoms with van der Waals surface area (Å²) in [5, 5.41) is 3.69. The predicted octanol–water partition coefficient (Wildman–Crippen LogP) is 2.66. The van der Waals surface area contributed by atoms with Crippen molar-refractivity contribution >= 4 is 11.8 Å². The molecule has 13 heavy (non-hydrogen) atoms. The van der Waals surface area contributed by atoms with Crippen molar-refractivity contribution in [3.63, 3.8) is 0 Å². The van der Waals surface area contributed by atoms with E-state index in [1.165, 1.54) is 38.6 Å². The van der Waals surface area contributed by atoms with Gasteiger partial charge in [0.1, 0.15) is 0 Å². The first-order chi connectivity index (χ1) is 6.24. The van der Waals surface area contributed by atoms with Crippen LogP contribution in [0.15, 0.2) is 0 Å². The first kappa shape index (κ1) is 9.85. The standard InChI is InChI=1S/C11H21NS/c1-9(7-10-3-4-10)12-8-11(13-2)5-6-11/h9-10,12H,3-8H2,1-2H3. The van der Waals surface area contributed by atoms with Crippen LogP contribution < -0.4 is 5.32 Å². The second-order valence-corrected chi connectivity index (χ2v) is 6.12. The lowest BCUT2D eigenvalue weighted by molar-refractivity contribution is 0.484. The van der Waals surface area contributed by atoms with E-state index in [1.54, 1.807) is 0 Å². The topological polar surface area (TPSA) is 12.0 Å². The minimum atomic E-state index is 0.637. The van der Waals surface area contributed by atoms with Crippen LogP contribution in [0.5, 0.6) is 0 Å². The molecule has 0 aromatic rings. The third-order valence-corrected chi connectivity index (χ3v) is 4.82. The Hall–Kier alpha value is 0.310. The molecule has 1 atom stereocenters. The molecule has 1 nitrogen and oxygen atoms in total. The molecule has 1 N–H and O–H groups in total. The smallest absolute Gasteiger partial charge is 0.0282 e. The van der Waals surface area contributed by atoms with Crippen molar-refractivity contribution < 1.29 is 0 Å². The van der Waals surface area contributed by atoms with Gasteiger partial charge in [-0.2, -0.15) is 11.8 Å². The Morgan fingerprint density at radius 2 is 2.15 bits per heavy atom. The van der Waals surface area contributed by atoms with Crippen LogP contribution in [0.25, 0.3) is 0 Å². The summed E-state index contributed by atoms with van der Waals surface area (Å²) in [5.41, 5.74) is 0. The third kappa shape index (κ3) is 2.88. The highest BCUT2D eigenvalue weighted by Crippen LogP contribution is 2.46. The Bertz CT molecular complexity index is 173. The molecule has 0 saturated heterocycles. The zero-order chi connectivity index (χ0) is 9.31. The number of rotatable bonds is 6. The lowest BCUT2D eigenvalue weighted by Crippen LogP contribution is -2.33. The Morgan fingerprint density at radius 3 is 2.62 bits per heavy atom. The zero-order valence-electron chi connectivity index (χ0n) is 8.81. The van der Waals surface area contributed by atoms with Gasteiger partial charge in [0.2, 0.25) is 0 Å². The fourth-order valence-electron chi connectivity index (χ4n) is 1.89. The fourth-order valence-corrected chi connectivity index (χ4v) is 2.63. The van der Waals surface area contributed by atoms with Gasteiger partial charge in [-0.25, -0.2) is 0 Å². The van der Waals surface area contributed by atoms with E-state index in [4.69, 9.17) is 0 Å². The summed E-state index contributed by atoms with van der Waals surface area (Å²) in [7, 11) is 0. The summed E-state index contributed by atoms with van der Waals surface area (Å²) in [5.74, 6) is 1.06. The first-order valence-electron chi connectivity index (χ1n) is 5.53. The molecule has 2 rings (SSSR count). The number of nitrogens with one attached hydrogen (secondary N) is 1. The monoisotopic (exact) mass is 199 g/mol. The molecule has 0 aromatic heterocycles. The van der Waals surface area contributed by atoms with Crippen molar-refractivity contribution in [3.05, 3.63) is 0 Å². The van der Waals surface area contributed by atoms with Gasteiger partial charge in [0.25, 0.3) is 0 Å². The van der Waals surface area contributed by atoms with E-state index in [0.29, 0.717) is 4.75 Å². The molecule has 0 aliphatic heterocycles. The molecule has 0 aromatic carbocycles. The van der Waals surface area contributed by atoms with Crippen molar-refractivity contribution in [1.82, 2.24) is 5.32 Å². The Morgan fingerprint density at radius 1 is 1.46 bits per heavy atom. The molecule has 2 saturated carbocycles. The van der Waals surface area contributed by atoms with Crippen molar-refractivity contribution in [3.8, 4) is 0 Å². The molecule has 0 bridgehead atoms. The molecule has 0 heterocycles. The molecule has 2 heteroatoms. The molecule has 0 amide bonds. The van der Waals surface area contributed by atoms with Crippen molar-refractivity contribution in [2.24, 2.45) is 5.92 Å². The van der Waals surface area contributed by atoms with E-state index < -0.39 is 0 Å². The van der Waals surface area contributed by atoms with Crippen LogP contribution in [0, 0.1) is 5.92 Å². The molecular weight excluding hydrogens is 178 g/mol. The summed E-state index contributed by atoms with van der Waals surface area (Å²) in [6.07, 6.45) is 9.48. The van der Waals surface area contributed by atoms with Crippen LogP contribution in [0.3, 0.4) is 0 Å². The van der Waals surface area contributed by atoms with Gasteiger partial charge in [0, 0.05) is 17.3 Å². The third-order valence-electron chi connectivity index (χ3n) is 3.40. The molecule has 1 unspecified atom stereocenters. The summed E-state index contributed by atoms with van der Waals surface area (Å²) in [6, 6.07) is 0.747. The summed E-state index contributed by atoms with van der Waals surface area (Å²) >= 11 is 2.05. The second-order valence-electron chi connectivity index (χ2n) is 4.85. The van der Waals surface area contributed by atoms with Crippen LogP contribution in [-0.2, 0) is 0 Å². The number of hydrogen-bond donors (Lipinski definition) is 1. The van der Waals surface area contributed by atoms with E-state index >= 15 is 0 Å². The van der Waals surface area contributed by atoms with Crippen LogP contribution in [0.2, 0.25) is 0 Å². The van der Waals surface area contributed by atoms with Gasteiger partial charge in [-0.3, -0.25) is 0 Å². The molecule has 0 radical (unpaired) electrons. The van der Waals surface area contributed by atoms with Gasteiger partial charge in [0.15, 0.2) is 0 Å². The van der Waals surface area contributed by atoms with Crippen LogP contribution in [0.1, 0.15) is 39.0 Å². The average Bonchev–Trinajstić information content (AvgIpc) is 2.98. The van der Waals surface area contributed by atoms with E-state index in [1.807, 2.05) is 0 Å². The lowest BCUT2D eigenvalue weighted by Gasteiger charge is -2.18. The minimum Gasteiger partial charge on any atom is -0.313 e. The fraction of sp³-hybridized carbons (Fsp3) is 1.00. The van der Waals surface area contributed by atoms with Gasteiger partial charge in [0.05, 0.1) is 0 Å². The molecule has 2 aliphatic carbocycles. The quantitative estimate of drug-likeness (QED) is 0.706. The Balaban J connectivity index is 1.60. The largest absolute Gasteiger partial charge is 0.313 e. The van der Waals surface area contributed by atoms with Gasteiger partial charge in [-0.15, -0.1) is 0 Å². The maximum absolute atomic E-state index is 3.69. The summed E-state index contributed by atoms with van der Waals surface area (Å²) in [4.78, 5) is 0. The van der Waals surface area contributed by atoms with Crippen LogP contribution in [-0.4, -0.2) is 23.6 Å². The normalized spacial score (nSPS) is 27.2. The van der Waals surface area contributed by atoms with Gasteiger partial charge in [-0.1, -0.05) is 12.8 Å². The van der Waals surface area contributed by atoms with Gasteiger partial charge >= 0.3 is 0 Å². The van der Waals surface area contributed by atoms with Crippen molar-refractivity contribution in [2.45, 2.75) is 49.8 Å². The second kappa shape index (κ2) is 3.82. The number of hydrogen-bond acceptors (Lipinski definition) is 2. The van der Waals surface area contributed by atoms with Crippen molar-refractivity contribution in [2.75, 3.05) is 12.8 Å². The Labute approximate surface area is 86.0 Å². The molecule has 0 spiro atoms. The van der Waals surface area contributed by atoms with Crippen LogP contribution in [0.4, 0.5) is 0 Å². The van der Waals surface area contributed by atoms with Gasteiger partial charge < -0.3 is 5.32 Å². The SMILES string of the molecule is CSC1(CNC(C)CC2CC2)CC1. The molecule has 2 aliphatic rings. The summed E-state index contributed by atoms with van der Waals surface area (Å²) in [6.45, 7) is 3.58. The molecule has 2 fully saturated rings. The highest BCUT2D eigenvalue weighted by atomic mass is 32.2. The van der Waals surface area contributed by atoms with Crippen LogP contribution >= 0.6 is 11.8 Å². The zero-order valence-corrected chi connectivity index (χ0v) is 9.62. The first-order valence-corrected chi connectivity index (χ1v) is 6.75. The average molecular weight is 199 g/mol. The van der Waals surface area contributed by atoms with E-state index in [2.05, 4.69) is 30.3 Å². The Kier molecular flexibility index (Phi) is 2.89. The maximum Gasteiger partial charge on any atom is 0.0282 e. The maximum atomic E-state index is 3.69. The lowest BCUT2D eigenvalue weighted by atomic mass is 10.1.